The molecule has 0 aromatic rings. The van der Waals surface area contributed by atoms with Gasteiger partial charge in [0, 0.05) is 0 Å². The predicted octanol–water partition coefficient (Wildman–Crippen LogP) is 2.53. The van der Waals surface area contributed by atoms with Crippen LogP contribution in [-0.4, -0.2) is 0 Å². The van der Waals surface area contributed by atoms with E-state index in [-0.39, 0.29) is 0 Å². The van der Waals surface area contributed by atoms with Crippen LogP contribution in [0.2, 0.25) is 0 Å². The quantitative estimate of drug-likeness (QED) is 0.477. The van der Waals surface area contributed by atoms with E-state index in [0.29, 0.717) is 0 Å². The van der Waals surface area contributed by atoms with Gasteiger partial charge in [0.25, 0.3) is 0 Å². The lowest BCUT2D eigenvalue weighted by atomic mass is 10.2. The van der Waals surface area contributed by atoms with Gasteiger partial charge in [0.2, 0.25) is 0 Å². The molecule has 1 fully saturated rings. The van der Waals surface area contributed by atoms with Gasteiger partial charge in [-0.3, -0.25) is 0 Å². The van der Waals surface area contributed by atoms with E-state index < -0.39 is 0 Å². The summed E-state index contributed by atoms with van der Waals surface area (Å²) in [5.74, 6) is 0.896. The molecule has 0 bridgehead atoms. The largest absolute Gasteiger partial charge is 0.0988 e. The Kier molecular flexibility index (Phi) is 1.52. The van der Waals surface area contributed by atoms with E-state index >= 15 is 0 Å². The Bertz CT molecular complexity index is 116. The second-order valence-corrected chi connectivity index (χ2v) is 2.45. The van der Waals surface area contributed by atoms with Crippen LogP contribution in [0, 0.1) is 5.92 Å². The Labute approximate surface area is 50.9 Å². The molecular formula is C8H12. The fraction of sp³-hybridized carbons (Fsp3) is 0.500. The molecule has 0 aromatic heterocycles. The first-order valence-electron chi connectivity index (χ1n) is 3.14. The van der Waals surface area contributed by atoms with Crippen LogP contribution < -0.4 is 0 Å². The summed E-state index contributed by atoms with van der Waals surface area (Å²) in [4.78, 5) is 0. The van der Waals surface area contributed by atoms with Gasteiger partial charge in [-0.25, -0.2) is 0 Å². The molecule has 0 spiro atoms. The molecule has 1 aliphatic carbocycles. The summed E-state index contributed by atoms with van der Waals surface area (Å²) < 4.78 is 0. The third kappa shape index (κ3) is 1.53. The first-order chi connectivity index (χ1) is 3.83. The highest BCUT2D eigenvalue weighted by Gasteiger charge is 2.17. The topological polar surface area (TPSA) is 0 Å². The Morgan fingerprint density at radius 3 is 2.62 bits per heavy atom. The zero-order chi connectivity index (χ0) is 5.98. The number of hydrogen-bond acceptors (Lipinski definition) is 0. The van der Waals surface area contributed by atoms with E-state index in [1.54, 1.807) is 0 Å². The molecule has 1 rings (SSSR count). The van der Waals surface area contributed by atoms with Crippen LogP contribution in [0.15, 0.2) is 24.3 Å². The van der Waals surface area contributed by atoms with Gasteiger partial charge in [0.05, 0.1) is 0 Å². The number of allylic oxidation sites excluding steroid dienone is 3. The van der Waals surface area contributed by atoms with Crippen LogP contribution in [0.1, 0.15) is 19.8 Å². The van der Waals surface area contributed by atoms with E-state index in [9.17, 15) is 0 Å². The molecule has 0 nitrogen and oxygen atoms in total. The smallest absolute Gasteiger partial charge is 0.0227 e. The van der Waals surface area contributed by atoms with Crippen LogP contribution in [0.25, 0.3) is 0 Å². The molecule has 0 atom stereocenters. The third-order valence-corrected chi connectivity index (χ3v) is 1.44. The molecule has 1 aliphatic rings. The monoisotopic (exact) mass is 108 g/mol. The fourth-order valence-electron chi connectivity index (χ4n) is 0.703. The van der Waals surface area contributed by atoms with Gasteiger partial charge in [-0.15, -0.1) is 0 Å². The summed E-state index contributed by atoms with van der Waals surface area (Å²) in [6.45, 7) is 5.78. The molecule has 0 heterocycles. The van der Waals surface area contributed by atoms with E-state index in [2.05, 4.69) is 19.6 Å². The average Bonchev–Trinajstić information content (AvgIpc) is 2.50. The van der Waals surface area contributed by atoms with Gasteiger partial charge >= 0.3 is 0 Å². The Hall–Kier alpha value is -0.520. The van der Waals surface area contributed by atoms with Crippen molar-refractivity contribution in [1.29, 1.82) is 0 Å². The van der Waals surface area contributed by atoms with Gasteiger partial charge in [0.15, 0.2) is 0 Å². The summed E-state index contributed by atoms with van der Waals surface area (Å²) >= 11 is 0. The van der Waals surface area contributed by atoms with Crippen molar-refractivity contribution in [1.82, 2.24) is 0 Å². The van der Waals surface area contributed by atoms with Crippen molar-refractivity contribution in [2.24, 2.45) is 5.92 Å². The van der Waals surface area contributed by atoms with Gasteiger partial charge in [-0.05, 0) is 25.7 Å². The lowest BCUT2D eigenvalue weighted by Crippen LogP contribution is -1.67. The summed E-state index contributed by atoms with van der Waals surface area (Å²) in [7, 11) is 0. The second-order valence-electron chi connectivity index (χ2n) is 2.45. The van der Waals surface area contributed by atoms with E-state index in [4.69, 9.17) is 0 Å². The minimum atomic E-state index is 0.896. The lowest BCUT2D eigenvalue weighted by Gasteiger charge is -1.85. The molecular weight excluding hydrogens is 96.1 g/mol. The van der Waals surface area contributed by atoms with Crippen LogP contribution in [-0.2, 0) is 0 Å². The third-order valence-electron chi connectivity index (χ3n) is 1.44. The molecule has 0 saturated heterocycles. The second kappa shape index (κ2) is 2.17. The van der Waals surface area contributed by atoms with Crippen LogP contribution in [0.3, 0.4) is 0 Å². The summed E-state index contributed by atoms with van der Waals surface area (Å²) in [6.07, 6.45) is 7.00. The molecule has 0 amide bonds. The van der Waals surface area contributed by atoms with Crippen molar-refractivity contribution in [2.75, 3.05) is 0 Å². The van der Waals surface area contributed by atoms with Crippen molar-refractivity contribution in [2.45, 2.75) is 19.8 Å². The van der Waals surface area contributed by atoms with Crippen molar-refractivity contribution in [3.05, 3.63) is 24.3 Å². The molecule has 0 N–H and O–H groups in total. The Morgan fingerprint density at radius 1 is 1.62 bits per heavy atom. The highest BCUT2D eigenvalue weighted by Crippen LogP contribution is 2.31. The van der Waals surface area contributed by atoms with Gasteiger partial charge in [0.1, 0.15) is 0 Å². The van der Waals surface area contributed by atoms with Crippen LogP contribution >= 0.6 is 0 Å². The van der Waals surface area contributed by atoms with E-state index in [0.717, 1.165) is 5.92 Å². The SMILES string of the molecule is C=C/C(C)=C/C1CC1. The van der Waals surface area contributed by atoms with Gasteiger partial charge in [-0.2, -0.15) is 0 Å². The minimum absolute atomic E-state index is 0.896. The maximum absolute atomic E-state index is 3.67. The van der Waals surface area contributed by atoms with Crippen molar-refractivity contribution in [3.63, 3.8) is 0 Å². The first kappa shape index (κ1) is 5.61. The van der Waals surface area contributed by atoms with Crippen molar-refractivity contribution >= 4 is 0 Å². The number of hydrogen-bond donors (Lipinski definition) is 0. The molecule has 0 unspecified atom stereocenters. The van der Waals surface area contributed by atoms with Gasteiger partial charge in [-0.1, -0.05) is 24.3 Å². The average molecular weight is 108 g/mol. The maximum Gasteiger partial charge on any atom is -0.0227 e. The highest BCUT2D eigenvalue weighted by atomic mass is 14.2. The van der Waals surface area contributed by atoms with Crippen molar-refractivity contribution in [3.8, 4) is 0 Å². The molecule has 1 saturated carbocycles. The van der Waals surface area contributed by atoms with E-state index in [1.807, 2.05) is 6.08 Å². The molecule has 8 heavy (non-hydrogen) atoms. The molecule has 44 valence electrons. The predicted molar refractivity (Wildman–Crippen MR) is 36.7 cm³/mol. The molecule has 0 heteroatoms. The van der Waals surface area contributed by atoms with Gasteiger partial charge < -0.3 is 0 Å². The molecule has 0 aromatic carbocycles. The van der Waals surface area contributed by atoms with Crippen LogP contribution in [0.5, 0.6) is 0 Å². The number of rotatable bonds is 2. The lowest BCUT2D eigenvalue weighted by molar-refractivity contribution is 1.10. The normalized spacial score (nSPS) is 20.9. The zero-order valence-electron chi connectivity index (χ0n) is 5.35. The van der Waals surface area contributed by atoms with E-state index in [1.165, 1.54) is 18.4 Å². The first-order valence-corrected chi connectivity index (χ1v) is 3.14. The van der Waals surface area contributed by atoms with Crippen molar-refractivity contribution < 1.29 is 0 Å². The Morgan fingerprint density at radius 2 is 2.25 bits per heavy atom. The zero-order valence-corrected chi connectivity index (χ0v) is 5.35. The Balaban J connectivity index is 2.38. The molecule has 0 radical (unpaired) electrons. The maximum atomic E-state index is 3.67. The summed E-state index contributed by atoms with van der Waals surface area (Å²) in [6, 6.07) is 0. The summed E-state index contributed by atoms with van der Waals surface area (Å²) in [5.41, 5.74) is 1.33. The molecule has 0 aliphatic heterocycles. The highest BCUT2D eigenvalue weighted by molar-refractivity contribution is 5.16. The summed E-state index contributed by atoms with van der Waals surface area (Å²) in [5, 5.41) is 0. The van der Waals surface area contributed by atoms with Crippen LogP contribution in [0.4, 0.5) is 0 Å². The fourth-order valence-corrected chi connectivity index (χ4v) is 0.703. The minimum Gasteiger partial charge on any atom is -0.0988 e. The standard InChI is InChI=1S/C8H12/c1-3-7(2)6-8-4-5-8/h3,6,8H,1,4-5H2,2H3/b7-6+.